The maximum absolute atomic E-state index is 6.72. The molecule has 0 aromatic carbocycles. The van der Waals surface area contributed by atoms with Crippen LogP contribution in [0, 0.1) is 64.6 Å². The summed E-state index contributed by atoms with van der Waals surface area (Å²) in [4.78, 5) is 0. The van der Waals surface area contributed by atoms with Crippen LogP contribution in [0.3, 0.4) is 0 Å². The van der Waals surface area contributed by atoms with Gasteiger partial charge in [0.1, 0.15) is 0 Å². The van der Waals surface area contributed by atoms with E-state index in [4.69, 9.17) is 4.43 Å². The third-order valence-corrected chi connectivity index (χ3v) is 13.1. The van der Waals surface area contributed by atoms with Gasteiger partial charge in [0, 0.05) is 6.61 Å². The quantitative estimate of drug-likeness (QED) is 0.314. The van der Waals surface area contributed by atoms with E-state index in [9.17, 15) is 0 Å². The summed E-state index contributed by atoms with van der Waals surface area (Å²) >= 11 is 0. The number of allylic oxidation sites excluding steroid dienone is 8. The Bertz CT molecular complexity index is 845. The molecule has 0 heterocycles. The van der Waals surface area contributed by atoms with Crippen LogP contribution >= 0.6 is 0 Å². The Kier molecular flexibility index (Phi) is 7.08. The summed E-state index contributed by atoms with van der Waals surface area (Å²) in [6, 6.07) is 0. The molecule has 0 aliphatic heterocycles. The fourth-order valence-corrected chi connectivity index (χ4v) is 11.7. The maximum atomic E-state index is 6.72. The molecular weight excluding hydrogens is 452 g/mol. The van der Waals surface area contributed by atoms with Gasteiger partial charge >= 0.3 is 0 Å². The van der Waals surface area contributed by atoms with Gasteiger partial charge in [0.05, 0.1) is 0 Å². The van der Waals surface area contributed by atoms with Gasteiger partial charge < -0.3 is 4.43 Å². The smallest absolute Gasteiger partial charge is 0.183 e. The summed E-state index contributed by atoms with van der Waals surface area (Å²) in [5.41, 5.74) is 0.393. The third-order valence-electron chi connectivity index (χ3n) is 12.0. The zero-order chi connectivity index (χ0) is 24.9. The Morgan fingerprint density at radius 1 is 0.639 bits per heavy atom. The highest BCUT2D eigenvalue weighted by atomic mass is 28.4. The second-order valence-electron chi connectivity index (χ2n) is 14.4. The van der Waals surface area contributed by atoms with Crippen molar-refractivity contribution in [1.82, 2.24) is 0 Å². The average molecular weight is 505 g/mol. The number of fused-ring (bicyclic) bond motifs is 6. The first-order chi connectivity index (χ1) is 17.4. The van der Waals surface area contributed by atoms with Crippen molar-refractivity contribution in [3.63, 3.8) is 0 Å². The van der Waals surface area contributed by atoms with Gasteiger partial charge in [-0.1, -0.05) is 81.2 Å². The lowest BCUT2D eigenvalue weighted by Crippen LogP contribution is -2.48. The van der Waals surface area contributed by atoms with Crippen LogP contribution in [-0.4, -0.2) is 14.9 Å². The van der Waals surface area contributed by atoms with Crippen molar-refractivity contribution in [2.75, 3.05) is 6.61 Å². The first-order valence-electron chi connectivity index (χ1n) is 15.8. The van der Waals surface area contributed by atoms with Gasteiger partial charge in [-0.3, -0.25) is 0 Å². The molecule has 6 aliphatic rings. The van der Waals surface area contributed by atoms with Crippen molar-refractivity contribution >= 4 is 8.32 Å². The molecule has 0 radical (unpaired) electrons. The lowest BCUT2D eigenvalue weighted by molar-refractivity contribution is -0.0459. The molecule has 0 aromatic rings. The largest absolute Gasteiger partial charge is 0.418 e. The third kappa shape index (κ3) is 4.21. The molecular formula is C34H52OSi. The van der Waals surface area contributed by atoms with Crippen molar-refractivity contribution in [1.29, 1.82) is 0 Å². The van der Waals surface area contributed by atoms with Gasteiger partial charge in [-0.15, -0.1) is 0 Å². The molecule has 10 unspecified atom stereocenters. The van der Waals surface area contributed by atoms with Crippen molar-refractivity contribution in [3.8, 4) is 0 Å². The Hall–Kier alpha value is -0.863. The van der Waals surface area contributed by atoms with Crippen molar-refractivity contribution < 1.29 is 4.43 Å². The van der Waals surface area contributed by atoms with Gasteiger partial charge in [-0.2, -0.15) is 0 Å². The molecule has 198 valence electrons. The van der Waals surface area contributed by atoms with Crippen molar-refractivity contribution in [2.45, 2.75) is 90.8 Å². The van der Waals surface area contributed by atoms with Crippen LogP contribution in [-0.2, 0) is 4.43 Å². The molecule has 0 spiro atoms. The zero-order valence-corrected chi connectivity index (χ0v) is 24.6. The number of hydrogen-bond acceptors (Lipinski definition) is 1. The maximum Gasteiger partial charge on any atom is 0.183 e. The van der Waals surface area contributed by atoms with Crippen molar-refractivity contribution in [3.05, 3.63) is 48.6 Å². The van der Waals surface area contributed by atoms with Gasteiger partial charge in [0.25, 0.3) is 0 Å². The van der Waals surface area contributed by atoms with Crippen molar-refractivity contribution in [2.24, 2.45) is 64.6 Å². The standard InChI is InChI=1S/C34H52OSi/c1-5-34(22-23-35-36(2,3)4,32-28-18-10-6-14-24(28)25-15-7-11-19-29(25)32)33-30-20-12-8-16-26(30)27-17-9-13-21-31(27)33/h6,8,10,12,14,16,18,20,24-33H,5,7,9,11,13,15,17,19,21-23H2,1-4H3. The highest BCUT2D eigenvalue weighted by Gasteiger charge is 2.63. The molecule has 0 amide bonds. The fourth-order valence-electron chi connectivity index (χ4n) is 11.0. The number of hydrogen-bond donors (Lipinski definition) is 0. The Morgan fingerprint density at radius 3 is 1.47 bits per heavy atom. The van der Waals surface area contributed by atoms with Crippen LogP contribution in [0.4, 0.5) is 0 Å². The summed E-state index contributed by atoms with van der Waals surface area (Å²) in [7, 11) is -1.54. The first-order valence-corrected chi connectivity index (χ1v) is 19.2. The van der Waals surface area contributed by atoms with E-state index in [1.54, 1.807) is 0 Å². The Labute approximate surface area is 223 Å². The highest BCUT2D eigenvalue weighted by molar-refractivity contribution is 6.69. The molecule has 6 aliphatic carbocycles. The molecule has 0 saturated heterocycles. The lowest BCUT2D eigenvalue weighted by Gasteiger charge is -2.53. The number of rotatable bonds is 7. The minimum absolute atomic E-state index is 0.393. The van der Waals surface area contributed by atoms with Gasteiger partial charge in [-0.25, -0.2) is 0 Å². The fraction of sp³-hybridized carbons (Fsp3) is 0.765. The topological polar surface area (TPSA) is 9.23 Å². The van der Waals surface area contributed by atoms with E-state index < -0.39 is 8.32 Å². The average Bonchev–Trinajstić information content (AvgIpc) is 3.41. The summed E-state index contributed by atoms with van der Waals surface area (Å²) in [6.45, 7) is 10.7. The summed E-state index contributed by atoms with van der Waals surface area (Å²) in [6.07, 6.45) is 34.6. The molecule has 10 atom stereocenters. The van der Waals surface area contributed by atoms with E-state index in [-0.39, 0.29) is 0 Å². The molecule has 6 rings (SSSR count). The normalized spacial score (nSPS) is 44.6. The molecule has 36 heavy (non-hydrogen) atoms. The Morgan fingerprint density at radius 2 is 1.06 bits per heavy atom. The van der Waals surface area contributed by atoms with Crippen LogP contribution < -0.4 is 0 Å². The summed E-state index contributed by atoms with van der Waals surface area (Å²) in [5, 5.41) is 0. The molecule has 0 bridgehead atoms. The molecule has 0 aromatic heterocycles. The second-order valence-corrected chi connectivity index (χ2v) is 18.9. The SMILES string of the molecule is CCC(CCO[Si](C)(C)C)(C1C2C=CC=CC2C2CCCCC21)C1C2C=CC=CC2C2CCCCC21. The highest BCUT2D eigenvalue weighted by Crippen LogP contribution is 2.69. The van der Waals surface area contributed by atoms with Crippen LogP contribution in [0.25, 0.3) is 0 Å². The molecule has 0 N–H and O–H groups in total. The molecule has 1 nitrogen and oxygen atoms in total. The summed E-state index contributed by atoms with van der Waals surface area (Å²) < 4.78 is 6.72. The molecule has 2 heteroatoms. The lowest BCUT2D eigenvalue weighted by atomic mass is 9.51. The predicted molar refractivity (Wildman–Crippen MR) is 155 cm³/mol. The van der Waals surface area contributed by atoms with Crippen LogP contribution in [0.5, 0.6) is 0 Å². The summed E-state index contributed by atoms with van der Waals surface area (Å²) in [5.74, 6) is 8.39. The predicted octanol–water partition coefficient (Wildman–Crippen LogP) is 9.21. The molecule has 4 fully saturated rings. The monoisotopic (exact) mass is 504 g/mol. The minimum Gasteiger partial charge on any atom is -0.418 e. The minimum atomic E-state index is -1.54. The van der Waals surface area contributed by atoms with E-state index in [1.165, 1.54) is 64.2 Å². The second kappa shape index (κ2) is 10.0. The van der Waals surface area contributed by atoms with Gasteiger partial charge in [0.2, 0.25) is 0 Å². The van der Waals surface area contributed by atoms with Crippen LogP contribution in [0.15, 0.2) is 48.6 Å². The van der Waals surface area contributed by atoms with Gasteiger partial charge in [0.15, 0.2) is 8.32 Å². The first kappa shape index (κ1) is 25.4. The van der Waals surface area contributed by atoms with Crippen LogP contribution in [0.1, 0.15) is 71.1 Å². The van der Waals surface area contributed by atoms with E-state index in [1.807, 2.05) is 0 Å². The van der Waals surface area contributed by atoms with E-state index in [2.05, 4.69) is 75.2 Å². The van der Waals surface area contributed by atoms with E-state index >= 15 is 0 Å². The van der Waals surface area contributed by atoms with Crippen LogP contribution in [0.2, 0.25) is 19.6 Å². The van der Waals surface area contributed by atoms with E-state index in [0.717, 1.165) is 65.8 Å². The van der Waals surface area contributed by atoms with E-state index in [0.29, 0.717) is 5.41 Å². The molecule has 4 saturated carbocycles. The van der Waals surface area contributed by atoms with Gasteiger partial charge in [-0.05, 0) is 123 Å². The Balaban J connectivity index is 1.45. The zero-order valence-electron chi connectivity index (χ0n) is 23.6.